The van der Waals surface area contributed by atoms with Crippen molar-refractivity contribution in [2.24, 2.45) is 5.84 Å². The Kier molecular flexibility index (Phi) is 3.75. The van der Waals surface area contributed by atoms with Gasteiger partial charge in [-0.3, -0.25) is 5.84 Å². The van der Waals surface area contributed by atoms with Gasteiger partial charge in [0, 0.05) is 0 Å². The zero-order chi connectivity index (χ0) is 12.1. The molecule has 3 N–H and O–H groups in total. The third kappa shape index (κ3) is 2.64. The molecule has 0 aromatic heterocycles. The summed E-state index contributed by atoms with van der Waals surface area (Å²) >= 11 is 0. The first-order chi connectivity index (χ1) is 8.35. The van der Waals surface area contributed by atoms with Crippen molar-refractivity contribution in [3.05, 3.63) is 65.7 Å². The van der Waals surface area contributed by atoms with Crippen molar-refractivity contribution in [3.8, 4) is 5.75 Å². The van der Waals surface area contributed by atoms with Crippen LogP contribution in [-0.2, 0) is 0 Å². The van der Waals surface area contributed by atoms with E-state index in [1.807, 2.05) is 42.5 Å². The molecule has 3 nitrogen and oxygen atoms in total. The molecule has 0 aliphatic rings. The second-order valence-electron chi connectivity index (χ2n) is 3.78. The third-order valence-electron chi connectivity index (χ3n) is 2.75. The van der Waals surface area contributed by atoms with Crippen LogP contribution in [0.1, 0.15) is 17.2 Å². The molecule has 0 saturated heterocycles. The van der Waals surface area contributed by atoms with Gasteiger partial charge in [-0.15, -0.1) is 0 Å². The van der Waals surface area contributed by atoms with Crippen LogP contribution in [0.2, 0.25) is 0 Å². The van der Waals surface area contributed by atoms with Crippen molar-refractivity contribution >= 4 is 0 Å². The molecule has 0 unspecified atom stereocenters. The van der Waals surface area contributed by atoms with Gasteiger partial charge in [-0.25, -0.2) is 5.43 Å². The summed E-state index contributed by atoms with van der Waals surface area (Å²) in [5.41, 5.74) is 5.08. The van der Waals surface area contributed by atoms with Gasteiger partial charge < -0.3 is 4.74 Å². The van der Waals surface area contributed by atoms with Crippen molar-refractivity contribution in [1.82, 2.24) is 5.43 Å². The lowest BCUT2D eigenvalue weighted by atomic mass is 9.99. The molecule has 88 valence electrons. The summed E-state index contributed by atoms with van der Waals surface area (Å²) in [6.07, 6.45) is 0. The Hall–Kier alpha value is -1.84. The van der Waals surface area contributed by atoms with Crippen molar-refractivity contribution in [3.63, 3.8) is 0 Å². The molecule has 0 amide bonds. The van der Waals surface area contributed by atoms with Crippen LogP contribution in [-0.4, -0.2) is 7.11 Å². The van der Waals surface area contributed by atoms with Gasteiger partial charge in [0.05, 0.1) is 13.2 Å². The van der Waals surface area contributed by atoms with Gasteiger partial charge in [-0.05, 0) is 23.3 Å². The van der Waals surface area contributed by atoms with Crippen LogP contribution in [0.25, 0.3) is 0 Å². The quantitative estimate of drug-likeness (QED) is 0.623. The molecule has 0 bridgehead atoms. The van der Waals surface area contributed by atoms with E-state index in [0.717, 1.165) is 16.9 Å². The van der Waals surface area contributed by atoms with Crippen LogP contribution in [0.3, 0.4) is 0 Å². The van der Waals surface area contributed by atoms with E-state index in [-0.39, 0.29) is 6.04 Å². The van der Waals surface area contributed by atoms with E-state index in [1.54, 1.807) is 7.11 Å². The van der Waals surface area contributed by atoms with Crippen molar-refractivity contribution in [1.29, 1.82) is 0 Å². The Labute approximate surface area is 101 Å². The molecule has 3 heteroatoms. The minimum atomic E-state index is 0.00195. The number of ether oxygens (including phenoxy) is 1. The normalized spacial score (nSPS) is 12.1. The van der Waals surface area contributed by atoms with Crippen molar-refractivity contribution in [2.75, 3.05) is 7.11 Å². The number of methoxy groups -OCH3 is 1. The molecule has 0 spiro atoms. The summed E-state index contributed by atoms with van der Waals surface area (Å²) in [6.45, 7) is 0. The summed E-state index contributed by atoms with van der Waals surface area (Å²) in [5, 5.41) is 0. The first-order valence-electron chi connectivity index (χ1n) is 5.50. The molecule has 1 atom stereocenters. The Morgan fingerprint density at radius 2 is 1.53 bits per heavy atom. The Morgan fingerprint density at radius 1 is 0.941 bits per heavy atom. The zero-order valence-corrected chi connectivity index (χ0v) is 9.76. The molecule has 0 radical (unpaired) electrons. The fraction of sp³-hybridized carbons (Fsp3) is 0.143. The number of hydrazine groups is 1. The maximum Gasteiger partial charge on any atom is 0.118 e. The van der Waals surface area contributed by atoms with E-state index in [4.69, 9.17) is 10.6 Å². The van der Waals surface area contributed by atoms with Crippen LogP contribution in [0.5, 0.6) is 5.75 Å². The predicted molar refractivity (Wildman–Crippen MR) is 68.6 cm³/mol. The summed E-state index contributed by atoms with van der Waals surface area (Å²) in [5.74, 6) is 6.47. The topological polar surface area (TPSA) is 47.3 Å². The van der Waals surface area contributed by atoms with E-state index >= 15 is 0 Å². The van der Waals surface area contributed by atoms with E-state index in [0.29, 0.717) is 0 Å². The summed E-state index contributed by atoms with van der Waals surface area (Å²) in [6, 6.07) is 18.0. The first kappa shape index (κ1) is 11.6. The van der Waals surface area contributed by atoms with Gasteiger partial charge in [0.25, 0.3) is 0 Å². The predicted octanol–water partition coefficient (Wildman–Crippen LogP) is 2.25. The minimum Gasteiger partial charge on any atom is -0.497 e. The molecule has 17 heavy (non-hydrogen) atoms. The Morgan fingerprint density at radius 3 is 2.06 bits per heavy atom. The molecular weight excluding hydrogens is 212 g/mol. The van der Waals surface area contributed by atoms with E-state index in [1.165, 1.54) is 0 Å². The molecule has 0 fully saturated rings. The average Bonchev–Trinajstić information content (AvgIpc) is 2.42. The van der Waals surface area contributed by atoms with Gasteiger partial charge in [-0.2, -0.15) is 0 Å². The number of nitrogens with two attached hydrogens (primary N) is 1. The van der Waals surface area contributed by atoms with Gasteiger partial charge >= 0.3 is 0 Å². The number of hydrogen-bond donors (Lipinski definition) is 2. The van der Waals surface area contributed by atoms with Crippen LogP contribution in [0.15, 0.2) is 54.6 Å². The summed E-state index contributed by atoms with van der Waals surface area (Å²) < 4.78 is 5.14. The number of rotatable bonds is 4. The molecule has 2 aromatic rings. The molecule has 0 aliphatic heterocycles. The fourth-order valence-electron chi connectivity index (χ4n) is 1.83. The van der Waals surface area contributed by atoms with E-state index < -0.39 is 0 Å². The highest BCUT2D eigenvalue weighted by Gasteiger charge is 2.11. The van der Waals surface area contributed by atoms with Crippen molar-refractivity contribution in [2.45, 2.75) is 6.04 Å². The lowest BCUT2D eigenvalue weighted by Crippen LogP contribution is -2.28. The van der Waals surface area contributed by atoms with Gasteiger partial charge in [-0.1, -0.05) is 42.5 Å². The van der Waals surface area contributed by atoms with Crippen LogP contribution in [0.4, 0.5) is 0 Å². The summed E-state index contributed by atoms with van der Waals surface area (Å²) in [4.78, 5) is 0. The highest BCUT2D eigenvalue weighted by molar-refractivity contribution is 5.35. The number of hydrogen-bond acceptors (Lipinski definition) is 3. The van der Waals surface area contributed by atoms with E-state index in [2.05, 4.69) is 17.6 Å². The second kappa shape index (κ2) is 5.48. The Balaban J connectivity index is 2.29. The average molecular weight is 228 g/mol. The van der Waals surface area contributed by atoms with Gasteiger partial charge in [0.1, 0.15) is 5.75 Å². The molecule has 0 aliphatic carbocycles. The lowest BCUT2D eigenvalue weighted by molar-refractivity contribution is 0.414. The lowest BCUT2D eigenvalue weighted by Gasteiger charge is -2.17. The third-order valence-corrected chi connectivity index (χ3v) is 2.75. The Bertz CT molecular complexity index is 453. The fourth-order valence-corrected chi connectivity index (χ4v) is 1.83. The zero-order valence-electron chi connectivity index (χ0n) is 9.76. The van der Waals surface area contributed by atoms with Crippen LogP contribution < -0.4 is 16.0 Å². The number of nitrogens with one attached hydrogen (secondary N) is 1. The monoisotopic (exact) mass is 228 g/mol. The molecule has 2 aromatic carbocycles. The van der Waals surface area contributed by atoms with Gasteiger partial charge in [0.15, 0.2) is 0 Å². The molecule has 0 saturated carbocycles. The first-order valence-corrected chi connectivity index (χ1v) is 5.50. The largest absolute Gasteiger partial charge is 0.497 e. The van der Waals surface area contributed by atoms with Crippen molar-refractivity contribution < 1.29 is 4.74 Å². The maximum absolute atomic E-state index is 5.63. The highest BCUT2D eigenvalue weighted by Crippen LogP contribution is 2.23. The maximum atomic E-state index is 5.63. The standard InChI is InChI=1S/C14H16N2O/c1-17-13-9-7-12(8-10-13)14(16-15)11-5-3-2-4-6-11/h2-10,14,16H,15H2,1H3/t14-/m0/s1. The van der Waals surface area contributed by atoms with Crippen LogP contribution >= 0.6 is 0 Å². The van der Waals surface area contributed by atoms with Gasteiger partial charge in [0.2, 0.25) is 0 Å². The molecule has 0 heterocycles. The minimum absolute atomic E-state index is 0.00195. The second-order valence-corrected chi connectivity index (χ2v) is 3.78. The molecular formula is C14H16N2O. The molecule has 2 rings (SSSR count). The van der Waals surface area contributed by atoms with E-state index in [9.17, 15) is 0 Å². The smallest absolute Gasteiger partial charge is 0.118 e. The highest BCUT2D eigenvalue weighted by atomic mass is 16.5. The van der Waals surface area contributed by atoms with Crippen LogP contribution in [0, 0.1) is 0 Å². The number of benzene rings is 2. The SMILES string of the molecule is COc1ccc([C@@H](NN)c2ccccc2)cc1. The summed E-state index contributed by atoms with van der Waals surface area (Å²) in [7, 11) is 1.66.